The van der Waals surface area contributed by atoms with Crippen LogP contribution in [-0.2, 0) is 32.6 Å². The van der Waals surface area contributed by atoms with E-state index in [9.17, 15) is 18.0 Å². The minimum absolute atomic E-state index is 0.00838. The average Bonchev–Trinajstić information content (AvgIpc) is 3.03. The largest absolute Gasteiger partial charge is 0.354 e. The van der Waals surface area contributed by atoms with Crippen LogP contribution in [0.1, 0.15) is 36.5 Å². The number of carbonyl (C=O) groups excluding carboxylic acids is 2. The molecule has 236 valence electrons. The molecule has 0 spiro atoms. The molecule has 1 unspecified atom stereocenters. The van der Waals surface area contributed by atoms with E-state index in [1.807, 2.05) is 37.3 Å². The van der Waals surface area contributed by atoms with Gasteiger partial charge in [0.25, 0.3) is 10.0 Å². The van der Waals surface area contributed by atoms with Crippen molar-refractivity contribution in [2.24, 2.45) is 0 Å². The lowest BCUT2D eigenvalue weighted by molar-refractivity contribution is -0.140. The number of hydrogen-bond acceptors (Lipinski definition) is 4. The summed E-state index contributed by atoms with van der Waals surface area (Å²) in [5.74, 6) is -1.61. The Balaban J connectivity index is 1.81. The molecular formula is C35H37ClFN3O4S. The van der Waals surface area contributed by atoms with Crippen LogP contribution in [0.5, 0.6) is 0 Å². The number of unbranched alkanes of at least 4 members (excludes halogenated alkanes) is 1. The van der Waals surface area contributed by atoms with Gasteiger partial charge in [-0.2, -0.15) is 0 Å². The molecule has 4 rings (SSSR count). The van der Waals surface area contributed by atoms with Gasteiger partial charge in [0.2, 0.25) is 11.8 Å². The van der Waals surface area contributed by atoms with Crippen molar-refractivity contribution in [2.75, 3.05) is 17.4 Å². The van der Waals surface area contributed by atoms with Gasteiger partial charge >= 0.3 is 0 Å². The van der Waals surface area contributed by atoms with Crippen LogP contribution in [-0.4, -0.2) is 44.3 Å². The van der Waals surface area contributed by atoms with Gasteiger partial charge < -0.3 is 10.2 Å². The molecule has 0 aromatic heterocycles. The predicted octanol–water partition coefficient (Wildman–Crippen LogP) is 6.54. The highest BCUT2D eigenvalue weighted by Crippen LogP contribution is 2.29. The van der Waals surface area contributed by atoms with Gasteiger partial charge in [0.15, 0.2) is 0 Å². The molecule has 0 aliphatic rings. The standard InChI is InChI=1S/C35H37ClFN3O4S/c1-3-4-21-38-35(42)33(23-27-13-7-5-8-14-27)39(24-28-15-11-12-18-31(28)37)34(41)25-40(32-20-19-29(36)22-26(32)2)45(43,44)30-16-9-6-10-17-30/h5-20,22,33H,3-4,21,23-25H2,1-2H3,(H,38,42). The number of rotatable bonds is 14. The Morgan fingerprint density at radius 1 is 0.911 bits per heavy atom. The van der Waals surface area contributed by atoms with E-state index in [1.165, 1.54) is 23.1 Å². The maximum atomic E-state index is 15.0. The number of anilines is 1. The van der Waals surface area contributed by atoms with Gasteiger partial charge in [-0.25, -0.2) is 12.8 Å². The molecule has 0 aliphatic heterocycles. The van der Waals surface area contributed by atoms with Crippen LogP contribution in [0.15, 0.2) is 108 Å². The molecule has 0 saturated carbocycles. The summed E-state index contributed by atoms with van der Waals surface area (Å²) < 4.78 is 44.2. The lowest BCUT2D eigenvalue weighted by Gasteiger charge is -2.34. The van der Waals surface area contributed by atoms with E-state index in [-0.39, 0.29) is 29.1 Å². The zero-order valence-electron chi connectivity index (χ0n) is 25.3. The highest BCUT2D eigenvalue weighted by molar-refractivity contribution is 7.92. The third-order valence-corrected chi connectivity index (χ3v) is 9.45. The topological polar surface area (TPSA) is 86.8 Å². The molecule has 1 atom stereocenters. The normalized spacial score (nSPS) is 11.9. The maximum absolute atomic E-state index is 15.0. The van der Waals surface area contributed by atoms with Crippen molar-refractivity contribution in [1.29, 1.82) is 0 Å². The summed E-state index contributed by atoms with van der Waals surface area (Å²) in [5.41, 5.74) is 1.79. The third kappa shape index (κ3) is 8.71. The van der Waals surface area contributed by atoms with Gasteiger partial charge in [0, 0.05) is 30.1 Å². The number of hydrogen-bond donors (Lipinski definition) is 1. The van der Waals surface area contributed by atoms with E-state index in [0.29, 0.717) is 17.1 Å². The number of benzene rings is 4. The zero-order valence-corrected chi connectivity index (χ0v) is 26.9. The van der Waals surface area contributed by atoms with E-state index in [1.54, 1.807) is 61.5 Å². The molecule has 1 N–H and O–H groups in total. The molecule has 0 saturated heterocycles. The summed E-state index contributed by atoms with van der Waals surface area (Å²) in [6.45, 7) is 3.23. The van der Waals surface area contributed by atoms with E-state index in [0.717, 1.165) is 22.7 Å². The number of aryl methyl sites for hydroxylation is 1. The number of nitrogens with one attached hydrogen (secondary N) is 1. The molecule has 10 heteroatoms. The van der Waals surface area contributed by atoms with Gasteiger partial charge in [-0.1, -0.05) is 91.7 Å². The number of halogens is 2. The SMILES string of the molecule is CCCCNC(=O)C(Cc1ccccc1)N(Cc1ccccc1F)C(=O)CN(c1ccc(Cl)cc1C)S(=O)(=O)c1ccccc1. The highest BCUT2D eigenvalue weighted by Gasteiger charge is 2.35. The van der Waals surface area contributed by atoms with Crippen LogP contribution in [0.2, 0.25) is 5.02 Å². The van der Waals surface area contributed by atoms with Crippen LogP contribution in [0.25, 0.3) is 0 Å². The quantitative estimate of drug-likeness (QED) is 0.157. The molecule has 7 nitrogen and oxygen atoms in total. The average molecular weight is 650 g/mol. The minimum Gasteiger partial charge on any atom is -0.354 e. The van der Waals surface area contributed by atoms with Gasteiger partial charge in [0.1, 0.15) is 18.4 Å². The van der Waals surface area contributed by atoms with Crippen molar-refractivity contribution >= 4 is 39.1 Å². The van der Waals surface area contributed by atoms with Gasteiger partial charge in [-0.3, -0.25) is 13.9 Å². The van der Waals surface area contributed by atoms with Crippen LogP contribution in [0.3, 0.4) is 0 Å². The van der Waals surface area contributed by atoms with Crippen LogP contribution in [0, 0.1) is 12.7 Å². The molecule has 4 aromatic carbocycles. The summed E-state index contributed by atoms with van der Waals surface area (Å²) in [6.07, 6.45) is 1.74. The Morgan fingerprint density at radius 2 is 1.56 bits per heavy atom. The molecule has 0 heterocycles. The number of nitrogens with zero attached hydrogens (tertiary/aromatic N) is 2. The molecule has 0 aliphatic carbocycles. The highest BCUT2D eigenvalue weighted by atomic mass is 35.5. The lowest BCUT2D eigenvalue weighted by Crippen LogP contribution is -2.53. The molecule has 45 heavy (non-hydrogen) atoms. The molecule has 4 aromatic rings. The minimum atomic E-state index is -4.25. The Labute approximate surface area is 269 Å². The van der Waals surface area contributed by atoms with Crippen molar-refractivity contribution in [3.05, 3.63) is 131 Å². The molecule has 0 radical (unpaired) electrons. The van der Waals surface area contributed by atoms with Crippen molar-refractivity contribution in [2.45, 2.75) is 50.6 Å². The van der Waals surface area contributed by atoms with Crippen molar-refractivity contribution in [1.82, 2.24) is 10.2 Å². The van der Waals surface area contributed by atoms with Gasteiger partial charge in [-0.05, 0) is 60.9 Å². The number of carbonyl (C=O) groups is 2. The molecule has 0 fully saturated rings. The Morgan fingerprint density at radius 3 is 2.20 bits per heavy atom. The van der Waals surface area contributed by atoms with E-state index >= 15 is 4.39 Å². The maximum Gasteiger partial charge on any atom is 0.264 e. The monoisotopic (exact) mass is 649 g/mol. The summed E-state index contributed by atoms with van der Waals surface area (Å²) in [4.78, 5) is 29.5. The second kappa shape index (κ2) is 15.7. The Hall–Kier alpha value is -4.21. The van der Waals surface area contributed by atoms with Crippen molar-refractivity contribution in [3.8, 4) is 0 Å². The fraction of sp³-hybridized carbons (Fsp3) is 0.257. The predicted molar refractivity (Wildman–Crippen MR) is 176 cm³/mol. The first kappa shape index (κ1) is 33.7. The number of amides is 2. The van der Waals surface area contributed by atoms with Crippen LogP contribution >= 0.6 is 11.6 Å². The second-order valence-corrected chi connectivity index (χ2v) is 13.0. The molecular weight excluding hydrogens is 613 g/mol. The molecule has 2 amide bonds. The summed E-state index contributed by atoms with van der Waals surface area (Å²) in [6, 6.07) is 26.7. The fourth-order valence-electron chi connectivity index (χ4n) is 5.00. The zero-order chi connectivity index (χ0) is 32.4. The van der Waals surface area contributed by atoms with E-state index < -0.39 is 40.2 Å². The smallest absolute Gasteiger partial charge is 0.264 e. The van der Waals surface area contributed by atoms with Gasteiger partial charge in [-0.15, -0.1) is 0 Å². The van der Waals surface area contributed by atoms with Crippen LogP contribution in [0.4, 0.5) is 10.1 Å². The first-order valence-corrected chi connectivity index (χ1v) is 16.6. The first-order chi connectivity index (χ1) is 21.6. The molecule has 0 bridgehead atoms. The van der Waals surface area contributed by atoms with E-state index in [4.69, 9.17) is 11.6 Å². The van der Waals surface area contributed by atoms with E-state index in [2.05, 4.69) is 5.32 Å². The van der Waals surface area contributed by atoms with Crippen molar-refractivity contribution < 1.29 is 22.4 Å². The second-order valence-electron chi connectivity index (χ2n) is 10.7. The number of sulfonamides is 1. The summed E-state index contributed by atoms with van der Waals surface area (Å²) in [7, 11) is -4.25. The summed E-state index contributed by atoms with van der Waals surface area (Å²) >= 11 is 6.20. The fourth-order valence-corrected chi connectivity index (χ4v) is 6.73. The first-order valence-electron chi connectivity index (χ1n) is 14.8. The van der Waals surface area contributed by atoms with Crippen molar-refractivity contribution in [3.63, 3.8) is 0 Å². The van der Waals surface area contributed by atoms with Gasteiger partial charge in [0.05, 0.1) is 10.6 Å². The van der Waals surface area contributed by atoms with Crippen LogP contribution < -0.4 is 9.62 Å². The third-order valence-electron chi connectivity index (χ3n) is 7.44. The summed E-state index contributed by atoms with van der Waals surface area (Å²) in [5, 5.41) is 3.33. The lowest BCUT2D eigenvalue weighted by atomic mass is 10.0. The Bertz CT molecular complexity index is 1700. The Kier molecular flexibility index (Phi) is 11.7.